The predicted molar refractivity (Wildman–Crippen MR) is 102 cm³/mol. The highest BCUT2D eigenvalue weighted by Gasteiger charge is 2.17. The van der Waals surface area contributed by atoms with E-state index in [2.05, 4.69) is 52.5 Å². The second-order valence-electron chi connectivity index (χ2n) is 6.21. The van der Waals surface area contributed by atoms with Gasteiger partial charge in [-0.3, -0.25) is 9.69 Å². The second kappa shape index (κ2) is 7.86. The van der Waals surface area contributed by atoms with E-state index in [9.17, 15) is 4.79 Å². The zero-order valence-corrected chi connectivity index (χ0v) is 15.2. The Balaban J connectivity index is 1.54. The van der Waals surface area contributed by atoms with Crippen molar-refractivity contribution >= 4 is 23.2 Å². The number of carbonyl (C=O) groups excluding carboxylic acids is 1. The summed E-state index contributed by atoms with van der Waals surface area (Å²) >= 11 is 1.78. The molecule has 0 N–H and O–H groups in total. The number of carbonyl (C=O) groups is 1. The van der Waals surface area contributed by atoms with Crippen molar-refractivity contribution in [2.75, 3.05) is 37.3 Å². The van der Waals surface area contributed by atoms with Crippen molar-refractivity contribution in [1.82, 2.24) is 4.90 Å². The molecule has 1 saturated heterocycles. The molecular weight excluding hydrogens is 316 g/mol. The number of anilines is 1. The van der Waals surface area contributed by atoms with Crippen LogP contribution in [0.25, 0.3) is 0 Å². The van der Waals surface area contributed by atoms with E-state index in [1.807, 2.05) is 12.1 Å². The average Bonchev–Trinajstić information content (AvgIpc) is 2.63. The molecule has 24 heavy (non-hydrogen) atoms. The average molecular weight is 340 g/mol. The Hall–Kier alpha value is -1.78. The SMILES string of the molecule is CSc1ccc(CN2CCN(c3ccc(C(C)=O)cc3)CC2)cc1. The number of Topliss-reactive ketones (excluding diaryl/α,β-unsaturated/α-hetero) is 1. The number of hydrogen-bond acceptors (Lipinski definition) is 4. The number of benzene rings is 2. The van der Waals surface area contributed by atoms with Gasteiger partial charge >= 0.3 is 0 Å². The van der Waals surface area contributed by atoms with E-state index < -0.39 is 0 Å². The molecule has 2 aromatic rings. The molecule has 126 valence electrons. The minimum atomic E-state index is 0.124. The summed E-state index contributed by atoms with van der Waals surface area (Å²) in [7, 11) is 0. The van der Waals surface area contributed by atoms with Crippen molar-refractivity contribution in [3.05, 3.63) is 59.7 Å². The monoisotopic (exact) mass is 340 g/mol. The third kappa shape index (κ3) is 4.19. The lowest BCUT2D eigenvalue weighted by atomic mass is 10.1. The van der Waals surface area contributed by atoms with Gasteiger partial charge in [-0.2, -0.15) is 0 Å². The van der Waals surface area contributed by atoms with Crippen LogP contribution in [0.5, 0.6) is 0 Å². The number of thioether (sulfide) groups is 1. The molecule has 3 rings (SSSR count). The van der Waals surface area contributed by atoms with E-state index in [1.54, 1.807) is 18.7 Å². The molecule has 0 aromatic heterocycles. The van der Waals surface area contributed by atoms with Crippen molar-refractivity contribution < 1.29 is 4.79 Å². The van der Waals surface area contributed by atoms with Crippen LogP contribution in [0.4, 0.5) is 5.69 Å². The second-order valence-corrected chi connectivity index (χ2v) is 7.09. The third-order valence-corrected chi connectivity index (χ3v) is 5.32. The number of ketones is 1. The van der Waals surface area contributed by atoms with Gasteiger partial charge in [0.05, 0.1) is 0 Å². The van der Waals surface area contributed by atoms with Crippen molar-refractivity contribution in [2.45, 2.75) is 18.4 Å². The molecule has 1 aliphatic rings. The summed E-state index contributed by atoms with van der Waals surface area (Å²) in [5, 5.41) is 0. The summed E-state index contributed by atoms with van der Waals surface area (Å²) in [5.41, 5.74) is 3.38. The molecule has 0 saturated carbocycles. The van der Waals surface area contributed by atoms with Gasteiger partial charge in [0.25, 0.3) is 0 Å². The quantitative estimate of drug-likeness (QED) is 0.608. The summed E-state index contributed by atoms with van der Waals surface area (Å²) in [6, 6.07) is 16.9. The first-order valence-corrected chi connectivity index (χ1v) is 9.59. The first kappa shape index (κ1) is 17.1. The number of nitrogens with zero attached hydrogens (tertiary/aromatic N) is 2. The molecule has 0 aliphatic carbocycles. The van der Waals surface area contributed by atoms with Gasteiger partial charge < -0.3 is 4.90 Å². The Morgan fingerprint density at radius 3 is 2.12 bits per heavy atom. The summed E-state index contributed by atoms with van der Waals surface area (Å²) < 4.78 is 0. The van der Waals surface area contributed by atoms with Gasteiger partial charge in [-0.05, 0) is 55.1 Å². The maximum atomic E-state index is 11.4. The van der Waals surface area contributed by atoms with Gasteiger partial charge in [0.15, 0.2) is 5.78 Å². The molecule has 4 heteroatoms. The fourth-order valence-electron chi connectivity index (χ4n) is 3.06. The first-order valence-electron chi connectivity index (χ1n) is 8.37. The lowest BCUT2D eigenvalue weighted by Gasteiger charge is -2.36. The van der Waals surface area contributed by atoms with E-state index >= 15 is 0 Å². The van der Waals surface area contributed by atoms with E-state index in [4.69, 9.17) is 0 Å². The van der Waals surface area contributed by atoms with Gasteiger partial charge in [0, 0.05) is 48.9 Å². The Kier molecular flexibility index (Phi) is 5.59. The van der Waals surface area contributed by atoms with Crippen LogP contribution in [0.3, 0.4) is 0 Å². The van der Waals surface area contributed by atoms with Gasteiger partial charge in [-0.25, -0.2) is 0 Å². The lowest BCUT2D eigenvalue weighted by Crippen LogP contribution is -2.45. The van der Waals surface area contributed by atoms with Crippen LogP contribution in [0, 0.1) is 0 Å². The standard InChI is InChI=1S/C20H24N2OS/c1-16(23)18-5-7-19(8-6-18)22-13-11-21(12-14-22)15-17-3-9-20(24-2)10-4-17/h3-10H,11-15H2,1-2H3. The predicted octanol–water partition coefficient (Wildman–Crippen LogP) is 3.93. The van der Waals surface area contributed by atoms with Crippen LogP contribution >= 0.6 is 11.8 Å². The lowest BCUT2D eigenvalue weighted by molar-refractivity contribution is 0.101. The summed E-state index contributed by atoms with van der Waals surface area (Å²) in [4.78, 5) is 17.6. The van der Waals surface area contributed by atoms with Crippen LogP contribution < -0.4 is 4.90 Å². The number of rotatable bonds is 5. The van der Waals surface area contributed by atoms with E-state index in [0.29, 0.717) is 0 Å². The molecule has 0 unspecified atom stereocenters. The van der Waals surface area contributed by atoms with Crippen LogP contribution in [-0.4, -0.2) is 43.1 Å². The van der Waals surface area contributed by atoms with E-state index in [1.165, 1.54) is 16.1 Å². The number of hydrogen-bond donors (Lipinski definition) is 0. The number of piperazine rings is 1. The molecular formula is C20H24N2OS. The molecule has 2 aromatic carbocycles. The first-order chi connectivity index (χ1) is 11.7. The minimum absolute atomic E-state index is 0.124. The highest BCUT2D eigenvalue weighted by molar-refractivity contribution is 7.98. The fraction of sp³-hybridized carbons (Fsp3) is 0.350. The molecule has 1 aliphatic heterocycles. The summed E-state index contributed by atoms with van der Waals surface area (Å²) in [6.07, 6.45) is 2.11. The smallest absolute Gasteiger partial charge is 0.159 e. The van der Waals surface area contributed by atoms with Crippen molar-refractivity contribution in [3.63, 3.8) is 0 Å². The van der Waals surface area contributed by atoms with Crippen molar-refractivity contribution in [2.24, 2.45) is 0 Å². The molecule has 1 heterocycles. The Morgan fingerprint density at radius 1 is 0.958 bits per heavy atom. The van der Waals surface area contributed by atoms with Crippen LogP contribution in [-0.2, 0) is 6.54 Å². The fourth-order valence-corrected chi connectivity index (χ4v) is 3.47. The maximum absolute atomic E-state index is 11.4. The van der Waals surface area contributed by atoms with Crippen LogP contribution in [0.15, 0.2) is 53.4 Å². The molecule has 0 spiro atoms. The van der Waals surface area contributed by atoms with Gasteiger partial charge in [0.2, 0.25) is 0 Å². The Bertz CT molecular complexity index is 674. The molecule has 0 atom stereocenters. The zero-order chi connectivity index (χ0) is 16.9. The Morgan fingerprint density at radius 2 is 1.58 bits per heavy atom. The third-order valence-electron chi connectivity index (χ3n) is 4.58. The zero-order valence-electron chi connectivity index (χ0n) is 14.4. The summed E-state index contributed by atoms with van der Waals surface area (Å²) in [5.74, 6) is 0.124. The largest absolute Gasteiger partial charge is 0.369 e. The molecule has 3 nitrogen and oxygen atoms in total. The minimum Gasteiger partial charge on any atom is -0.369 e. The molecule has 0 bridgehead atoms. The topological polar surface area (TPSA) is 23.6 Å². The maximum Gasteiger partial charge on any atom is 0.159 e. The van der Waals surface area contributed by atoms with E-state index in [-0.39, 0.29) is 5.78 Å². The van der Waals surface area contributed by atoms with Crippen molar-refractivity contribution in [1.29, 1.82) is 0 Å². The van der Waals surface area contributed by atoms with Gasteiger partial charge in [-0.15, -0.1) is 11.8 Å². The molecule has 0 amide bonds. The molecule has 0 radical (unpaired) electrons. The highest BCUT2D eigenvalue weighted by Crippen LogP contribution is 2.19. The van der Waals surface area contributed by atoms with Crippen molar-refractivity contribution in [3.8, 4) is 0 Å². The van der Waals surface area contributed by atoms with Crippen LogP contribution in [0.1, 0.15) is 22.8 Å². The summed E-state index contributed by atoms with van der Waals surface area (Å²) in [6.45, 7) is 6.83. The van der Waals surface area contributed by atoms with E-state index in [0.717, 1.165) is 38.3 Å². The highest BCUT2D eigenvalue weighted by atomic mass is 32.2. The normalized spacial score (nSPS) is 15.5. The van der Waals surface area contributed by atoms with Crippen LogP contribution in [0.2, 0.25) is 0 Å². The van der Waals surface area contributed by atoms with Gasteiger partial charge in [0.1, 0.15) is 0 Å². The van der Waals surface area contributed by atoms with Gasteiger partial charge in [-0.1, -0.05) is 12.1 Å². The molecule has 1 fully saturated rings. The Labute approximate surface area is 148 Å².